The van der Waals surface area contributed by atoms with E-state index in [1.807, 2.05) is 0 Å². The topological polar surface area (TPSA) is 217 Å². The van der Waals surface area contributed by atoms with Crippen molar-refractivity contribution in [2.45, 2.75) is 31.4 Å². The molecular formula is C26H25FN4O9. The van der Waals surface area contributed by atoms with Gasteiger partial charge in [0.1, 0.15) is 28.7 Å². The number of carbonyl (C=O) groups is 4. The lowest BCUT2D eigenvalue weighted by molar-refractivity contribution is -0.148. The van der Waals surface area contributed by atoms with E-state index < -0.39 is 92.3 Å². The number of hydrogen-bond donors (Lipinski definition) is 6. The fourth-order valence-corrected chi connectivity index (χ4v) is 6.03. The fourth-order valence-electron chi connectivity index (χ4n) is 6.03. The third-order valence-electron chi connectivity index (χ3n) is 7.78. The molecule has 1 heterocycles. The van der Waals surface area contributed by atoms with Crippen molar-refractivity contribution in [2.75, 3.05) is 19.4 Å². The molecule has 0 saturated heterocycles. The second-order valence-electron chi connectivity index (χ2n) is 10.3. The molecule has 0 saturated carbocycles. The molecule has 14 heteroatoms. The van der Waals surface area contributed by atoms with Crippen molar-refractivity contribution in [3.05, 3.63) is 63.2 Å². The standard InChI is InChI=1S/C26H25FN4O9/c1-8-4-14(30-40-8)25(38)29-13-7-12(27)10-5-9-6-11-18(31(2)3)21(34)17(24(28)37)23(36)26(11,39)22(35)15(9)20(33)16(10)19(13)32/h4,7,9,11,18,32,34-35,39H,5-6H2,1-3H3,(H2,28,37)(H,29,38)/t9-,11-,18-,26-/m0/s1. The number of hydrogen-bond acceptors (Lipinski definition) is 11. The average molecular weight is 557 g/mol. The van der Waals surface area contributed by atoms with Crippen LogP contribution in [0, 0.1) is 24.6 Å². The molecule has 13 nitrogen and oxygen atoms in total. The summed E-state index contributed by atoms with van der Waals surface area (Å²) >= 11 is 0. The van der Waals surface area contributed by atoms with Gasteiger partial charge in [-0.05, 0) is 39.8 Å². The number of rotatable bonds is 4. The Morgan fingerprint density at radius 2 is 1.90 bits per heavy atom. The van der Waals surface area contributed by atoms with Crippen LogP contribution in [0.1, 0.15) is 38.6 Å². The molecule has 2 aromatic rings. The number of aromatic nitrogens is 1. The monoisotopic (exact) mass is 556 g/mol. The summed E-state index contributed by atoms with van der Waals surface area (Å²) in [4.78, 5) is 53.0. The van der Waals surface area contributed by atoms with E-state index in [1.54, 1.807) is 6.92 Å². The van der Waals surface area contributed by atoms with Crippen molar-refractivity contribution in [1.29, 1.82) is 0 Å². The van der Waals surface area contributed by atoms with Crippen LogP contribution in [0.2, 0.25) is 0 Å². The molecule has 1 aromatic heterocycles. The van der Waals surface area contributed by atoms with Crippen LogP contribution < -0.4 is 11.1 Å². The number of nitrogens with two attached hydrogens (primary N) is 1. The molecule has 3 aliphatic rings. The average Bonchev–Trinajstić information content (AvgIpc) is 3.30. The summed E-state index contributed by atoms with van der Waals surface area (Å²) in [5.41, 5.74) is -0.325. The van der Waals surface area contributed by atoms with Gasteiger partial charge in [0.05, 0.1) is 17.3 Å². The molecule has 7 N–H and O–H groups in total. The smallest absolute Gasteiger partial charge is 0.277 e. The molecule has 5 rings (SSSR count). The summed E-state index contributed by atoms with van der Waals surface area (Å²) in [5.74, 6) is -10.1. The molecule has 0 fully saturated rings. The maximum atomic E-state index is 15.3. The molecule has 0 unspecified atom stereocenters. The summed E-state index contributed by atoms with van der Waals surface area (Å²) in [7, 11) is 3.00. The first-order valence-electron chi connectivity index (χ1n) is 12.1. The number of aliphatic hydroxyl groups excluding tert-OH is 2. The van der Waals surface area contributed by atoms with Crippen LogP contribution in [0.5, 0.6) is 5.75 Å². The zero-order valence-corrected chi connectivity index (χ0v) is 21.5. The Morgan fingerprint density at radius 1 is 1.23 bits per heavy atom. The number of nitrogens with zero attached hydrogens (tertiary/aromatic N) is 2. The third-order valence-corrected chi connectivity index (χ3v) is 7.78. The van der Waals surface area contributed by atoms with Gasteiger partial charge in [-0.15, -0.1) is 0 Å². The summed E-state index contributed by atoms with van der Waals surface area (Å²) in [6.07, 6.45) is -0.416. The number of ketones is 2. The molecule has 0 bridgehead atoms. The number of aryl methyl sites for hydroxylation is 1. The van der Waals surface area contributed by atoms with Crippen molar-refractivity contribution in [1.82, 2.24) is 10.1 Å². The van der Waals surface area contributed by atoms with Gasteiger partial charge in [-0.2, -0.15) is 0 Å². The Hall–Kier alpha value is -4.56. The van der Waals surface area contributed by atoms with Crippen LogP contribution in [-0.2, 0) is 16.0 Å². The number of anilines is 1. The third kappa shape index (κ3) is 3.63. The lowest BCUT2D eigenvalue weighted by Crippen LogP contribution is -2.63. The first kappa shape index (κ1) is 27.0. The molecule has 0 aliphatic heterocycles. The molecule has 2 amide bonds. The van der Waals surface area contributed by atoms with E-state index in [2.05, 4.69) is 10.5 Å². The number of primary amides is 1. The van der Waals surface area contributed by atoms with Gasteiger partial charge in [0, 0.05) is 29.2 Å². The summed E-state index contributed by atoms with van der Waals surface area (Å²) in [6.45, 7) is 1.54. The van der Waals surface area contributed by atoms with E-state index in [9.17, 15) is 39.6 Å². The highest BCUT2D eigenvalue weighted by Crippen LogP contribution is 2.53. The van der Waals surface area contributed by atoms with Gasteiger partial charge in [-0.25, -0.2) is 4.39 Å². The van der Waals surface area contributed by atoms with Gasteiger partial charge in [0.2, 0.25) is 5.78 Å². The number of likely N-dealkylation sites (N-methyl/N-ethyl adjacent to an activating group) is 1. The number of phenols is 1. The minimum absolute atomic E-state index is 0.171. The second kappa shape index (κ2) is 8.99. The highest BCUT2D eigenvalue weighted by molar-refractivity contribution is 6.25. The first-order valence-corrected chi connectivity index (χ1v) is 12.1. The molecule has 0 radical (unpaired) electrons. The first-order chi connectivity index (χ1) is 18.7. The van der Waals surface area contributed by atoms with Crippen molar-refractivity contribution in [3.63, 3.8) is 0 Å². The number of Topliss-reactive ketones (excluding diaryl/α,β-unsaturated/α-hetero) is 2. The number of amides is 2. The Bertz CT molecular complexity index is 1590. The van der Waals surface area contributed by atoms with E-state index in [0.717, 1.165) is 6.07 Å². The van der Waals surface area contributed by atoms with Gasteiger partial charge in [0.15, 0.2) is 22.8 Å². The van der Waals surface area contributed by atoms with Gasteiger partial charge < -0.3 is 36.0 Å². The predicted molar refractivity (Wildman–Crippen MR) is 133 cm³/mol. The van der Waals surface area contributed by atoms with E-state index >= 15 is 4.39 Å². The lowest BCUT2D eigenvalue weighted by Gasteiger charge is -2.50. The fraction of sp³-hybridized carbons (Fsp3) is 0.346. The zero-order chi connectivity index (χ0) is 29.4. The molecular weight excluding hydrogens is 531 g/mol. The number of fused-ring (bicyclic) bond motifs is 3. The second-order valence-corrected chi connectivity index (χ2v) is 10.3. The maximum Gasteiger partial charge on any atom is 0.277 e. The van der Waals surface area contributed by atoms with Gasteiger partial charge in [-0.1, -0.05) is 5.16 Å². The normalized spacial score (nSPS) is 26.0. The van der Waals surface area contributed by atoms with Crippen LogP contribution in [0.4, 0.5) is 10.1 Å². The number of aromatic hydroxyl groups is 1. The van der Waals surface area contributed by atoms with Crippen molar-refractivity contribution in [2.24, 2.45) is 17.6 Å². The van der Waals surface area contributed by atoms with Crippen LogP contribution in [0.3, 0.4) is 0 Å². The number of allylic oxidation sites excluding steroid dienone is 1. The molecule has 40 heavy (non-hydrogen) atoms. The van der Waals surface area contributed by atoms with Crippen molar-refractivity contribution >= 4 is 29.1 Å². The maximum absolute atomic E-state index is 15.3. The molecule has 210 valence electrons. The predicted octanol–water partition coefficient (Wildman–Crippen LogP) is 0.808. The van der Waals surface area contributed by atoms with Crippen LogP contribution >= 0.6 is 0 Å². The highest BCUT2D eigenvalue weighted by atomic mass is 19.1. The van der Waals surface area contributed by atoms with Crippen molar-refractivity contribution < 1.29 is 48.5 Å². The highest BCUT2D eigenvalue weighted by Gasteiger charge is 2.63. The number of nitrogens with one attached hydrogen (secondary N) is 1. The SMILES string of the molecule is Cc1cc(C(=O)Nc2cc(F)c3c(c2O)C(=O)C2=C(O)[C@]4(O)C(=O)C(C(N)=O)=C(O)[C@@H](N(C)C)[C@@H]4C[C@@H]2C3)no1. The van der Waals surface area contributed by atoms with Crippen LogP contribution in [0.25, 0.3) is 0 Å². The lowest BCUT2D eigenvalue weighted by atomic mass is 9.58. The minimum atomic E-state index is -2.82. The number of halogens is 1. The van der Waals surface area contributed by atoms with Gasteiger partial charge in [0.25, 0.3) is 11.8 Å². The number of carbonyl (C=O) groups excluding carboxylic acids is 4. The van der Waals surface area contributed by atoms with Crippen molar-refractivity contribution in [3.8, 4) is 5.75 Å². The van der Waals surface area contributed by atoms with E-state index in [-0.39, 0.29) is 24.1 Å². The summed E-state index contributed by atoms with van der Waals surface area (Å²) in [5, 5.41) is 50.4. The van der Waals surface area contributed by atoms with Gasteiger partial charge in [-0.3, -0.25) is 24.1 Å². The number of phenolic OH excluding ortho intramolecular Hbond substituents is 1. The van der Waals surface area contributed by atoms with E-state index in [1.165, 1.54) is 25.1 Å². The molecule has 3 aliphatic carbocycles. The summed E-state index contributed by atoms with van der Waals surface area (Å²) in [6, 6.07) is 0.968. The van der Waals surface area contributed by atoms with E-state index in [4.69, 9.17) is 10.3 Å². The zero-order valence-electron chi connectivity index (χ0n) is 21.5. The number of benzene rings is 1. The summed E-state index contributed by atoms with van der Waals surface area (Å²) < 4.78 is 20.2. The molecule has 0 spiro atoms. The van der Waals surface area contributed by atoms with Crippen LogP contribution in [0.15, 0.2) is 39.3 Å². The largest absolute Gasteiger partial charge is 0.510 e. The Balaban J connectivity index is 1.63. The Morgan fingerprint density at radius 3 is 2.48 bits per heavy atom. The molecule has 4 atom stereocenters. The minimum Gasteiger partial charge on any atom is -0.510 e. The number of aliphatic hydroxyl groups is 3. The quantitative estimate of drug-likeness (QED) is 0.229. The Labute approximate surface area is 225 Å². The van der Waals surface area contributed by atoms with Crippen LogP contribution in [-0.4, -0.2) is 79.6 Å². The molecule has 1 aromatic carbocycles. The van der Waals surface area contributed by atoms with E-state index in [0.29, 0.717) is 5.76 Å². The van der Waals surface area contributed by atoms with Gasteiger partial charge >= 0.3 is 0 Å². The Kier molecular flexibility index (Phi) is 6.08.